The molecule has 4 N–H and O–H groups in total. The molecule has 0 aliphatic heterocycles. The number of carbonyl (C=O) groups excluding carboxylic acids is 1. The Morgan fingerprint density at radius 1 is 1.50 bits per heavy atom. The second-order valence-electron chi connectivity index (χ2n) is 3.93. The Balaban J connectivity index is 2.52. The van der Waals surface area contributed by atoms with Crippen molar-refractivity contribution in [3.8, 4) is 0 Å². The highest BCUT2D eigenvalue weighted by Gasteiger charge is 2.18. The Hall–Kier alpha value is -1.03. The molecule has 0 radical (unpaired) electrons. The van der Waals surface area contributed by atoms with Crippen molar-refractivity contribution in [2.75, 3.05) is 0 Å². The summed E-state index contributed by atoms with van der Waals surface area (Å²) < 4.78 is 0. The van der Waals surface area contributed by atoms with Gasteiger partial charge in [0.25, 0.3) is 0 Å². The minimum atomic E-state index is -0.310. The van der Waals surface area contributed by atoms with Gasteiger partial charge in [-0.2, -0.15) is 0 Å². The molecule has 14 heavy (non-hydrogen) atoms. The van der Waals surface area contributed by atoms with Crippen molar-refractivity contribution >= 4 is 6.29 Å². The van der Waals surface area contributed by atoms with E-state index in [0.29, 0.717) is 5.92 Å². The normalized spacial score (nSPS) is 20.9. The summed E-state index contributed by atoms with van der Waals surface area (Å²) in [5.74, 6) is 6.10. The third-order valence-electron chi connectivity index (χ3n) is 2.79. The van der Waals surface area contributed by atoms with Gasteiger partial charge in [0.1, 0.15) is 6.29 Å². The SMILES string of the molecule is CC(C=O)N(N)/C=C(\N)C1CCCC1. The summed E-state index contributed by atoms with van der Waals surface area (Å²) in [6.07, 6.45) is 7.27. The van der Waals surface area contributed by atoms with Crippen LogP contribution in [-0.4, -0.2) is 17.3 Å². The summed E-state index contributed by atoms with van der Waals surface area (Å²) in [4.78, 5) is 10.5. The Morgan fingerprint density at radius 3 is 2.57 bits per heavy atom. The average Bonchev–Trinajstić information content (AvgIpc) is 2.69. The Bertz CT molecular complexity index is 221. The van der Waals surface area contributed by atoms with E-state index in [1.54, 1.807) is 13.1 Å². The fourth-order valence-corrected chi connectivity index (χ4v) is 1.72. The molecule has 0 aromatic rings. The predicted molar refractivity (Wildman–Crippen MR) is 55.8 cm³/mol. The van der Waals surface area contributed by atoms with Crippen LogP contribution < -0.4 is 11.6 Å². The summed E-state index contributed by atoms with van der Waals surface area (Å²) in [6.45, 7) is 1.74. The van der Waals surface area contributed by atoms with Crippen molar-refractivity contribution in [2.24, 2.45) is 17.5 Å². The van der Waals surface area contributed by atoms with Gasteiger partial charge >= 0.3 is 0 Å². The highest BCUT2D eigenvalue weighted by Crippen LogP contribution is 2.28. The third kappa shape index (κ3) is 2.73. The fourth-order valence-electron chi connectivity index (χ4n) is 1.72. The van der Waals surface area contributed by atoms with Gasteiger partial charge in [0.05, 0.1) is 6.04 Å². The maximum Gasteiger partial charge on any atom is 0.143 e. The van der Waals surface area contributed by atoms with Crippen molar-refractivity contribution in [3.05, 3.63) is 11.9 Å². The number of hydrazine groups is 1. The molecule has 0 heterocycles. The van der Waals surface area contributed by atoms with Crippen LogP contribution in [0.2, 0.25) is 0 Å². The van der Waals surface area contributed by atoms with Gasteiger partial charge in [-0.1, -0.05) is 12.8 Å². The van der Waals surface area contributed by atoms with Gasteiger partial charge in [0, 0.05) is 11.9 Å². The summed E-state index contributed by atoms with van der Waals surface area (Å²) in [5.41, 5.74) is 6.70. The number of nitrogens with zero attached hydrogens (tertiary/aromatic N) is 1. The van der Waals surface area contributed by atoms with Crippen LogP contribution in [0.4, 0.5) is 0 Å². The average molecular weight is 197 g/mol. The number of carbonyl (C=O) groups is 1. The lowest BCUT2D eigenvalue weighted by molar-refractivity contribution is -0.111. The van der Waals surface area contributed by atoms with Crippen molar-refractivity contribution in [1.29, 1.82) is 0 Å². The first-order valence-electron chi connectivity index (χ1n) is 5.10. The van der Waals surface area contributed by atoms with Crippen LogP contribution in [0.25, 0.3) is 0 Å². The van der Waals surface area contributed by atoms with Gasteiger partial charge in [0.15, 0.2) is 0 Å². The molecular weight excluding hydrogens is 178 g/mol. The molecule has 0 aromatic carbocycles. The van der Waals surface area contributed by atoms with E-state index in [0.717, 1.165) is 24.8 Å². The molecule has 0 saturated heterocycles. The van der Waals surface area contributed by atoms with Crippen LogP contribution in [0, 0.1) is 5.92 Å². The summed E-state index contributed by atoms with van der Waals surface area (Å²) >= 11 is 0. The zero-order valence-electron chi connectivity index (χ0n) is 8.65. The van der Waals surface area contributed by atoms with Crippen molar-refractivity contribution in [1.82, 2.24) is 5.01 Å². The number of rotatable bonds is 4. The van der Waals surface area contributed by atoms with Gasteiger partial charge in [-0.3, -0.25) is 0 Å². The highest BCUT2D eigenvalue weighted by atomic mass is 16.1. The highest BCUT2D eigenvalue weighted by molar-refractivity contribution is 5.56. The lowest BCUT2D eigenvalue weighted by Crippen LogP contribution is -2.36. The molecule has 80 valence electrons. The summed E-state index contributed by atoms with van der Waals surface area (Å²) in [6, 6.07) is -0.310. The zero-order valence-corrected chi connectivity index (χ0v) is 8.65. The van der Waals surface area contributed by atoms with Crippen LogP contribution in [0.1, 0.15) is 32.6 Å². The fraction of sp³-hybridized carbons (Fsp3) is 0.700. The van der Waals surface area contributed by atoms with Crippen LogP contribution in [0.15, 0.2) is 11.9 Å². The molecule has 1 atom stereocenters. The Labute approximate surface area is 84.9 Å². The van der Waals surface area contributed by atoms with Gasteiger partial charge in [-0.05, 0) is 25.7 Å². The second-order valence-corrected chi connectivity index (χ2v) is 3.93. The number of allylic oxidation sites excluding steroid dienone is 1. The number of aldehydes is 1. The molecule has 1 unspecified atom stereocenters. The maximum absolute atomic E-state index is 10.5. The van der Waals surface area contributed by atoms with E-state index in [-0.39, 0.29) is 6.04 Å². The van der Waals surface area contributed by atoms with Crippen LogP contribution in [0.3, 0.4) is 0 Å². The molecule has 4 heteroatoms. The molecule has 0 spiro atoms. The van der Waals surface area contributed by atoms with E-state index in [1.165, 1.54) is 17.9 Å². The smallest absolute Gasteiger partial charge is 0.143 e. The minimum Gasteiger partial charge on any atom is -0.401 e. The van der Waals surface area contributed by atoms with Gasteiger partial charge in [-0.15, -0.1) is 0 Å². The molecule has 1 rings (SSSR count). The quantitative estimate of drug-likeness (QED) is 0.396. The number of hydrogen-bond acceptors (Lipinski definition) is 4. The largest absolute Gasteiger partial charge is 0.401 e. The molecule has 1 saturated carbocycles. The van der Waals surface area contributed by atoms with E-state index in [9.17, 15) is 4.79 Å². The van der Waals surface area contributed by atoms with E-state index in [2.05, 4.69) is 0 Å². The van der Waals surface area contributed by atoms with Gasteiger partial charge in [0.2, 0.25) is 0 Å². The lowest BCUT2D eigenvalue weighted by Gasteiger charge is -2.19. The summed E-state index contributed by atoms with van der Waals surface area (Å²) in [7, 11) is 0. The molecular formula is C10H19N3O. The molecule has 1 fully saturated rings. The van der Waals surface area contributed by atoms with Crippen LogP contribution in [-0.2, 0) is 4.79 Å². The molecule has 0 bridgehead atoms. The molecule has 1 aliphatic carbocycles. The predicted octanol–water partition coefficient (Wildman–Crippen LogP) is 0.740. The standard InChI is InChI=1S/C10H19N3O/c1-8(7-14)13(12)6-10(11)9-4-2-3-5-9/h6-9H,2-5,11-12H2,1H3/b10-6-. The lowest BCUT2D eigenvalue weighted by atomic mass is 10.1. The first-order chi connectivity index (χ1) is 6.65. The molecule has 4 nitrogen and oxygen atoms in total. The molecule has 0 amide bonds. The van der Waals surface area contributed by atoms with Crippen LogP contribution >= 0.6 is 0 Å². The maximum atomic E-state index is 10.5. The second kappa shape index (κ2) is 5.00. The molecule has 0 aromatic heterocycles. The first kappa shape index (κ1) is 11.0. The van der Waals surface area contributed by atoms with Gasteiger partial charge < -0.3 is 15.5 Å². The Kier molecular flexibility index (Phi) is 3.95. The van der Waals surface area contributed by atoms with E-state index in [1.807, 2.05) is 0 Å². The van der Waals surface area contributed by atoms with E-state index < -0.39 is 0 Å². The number of nitrogens with two attached hydrogens (primary N) is 2. The third-order valence-corrected chi connectivity index (χ3v) is 2.79. The van der Waals surface area contributed by atoms with Crippen molar-refractivity contribution in [3.63, 3.8) is 0 Å². The zero-order chi connectivity index (χ0) is 10.6. The minimum absolute atomic E-state index is 0.310. The van der Waals surface area contributed by atoms with Gasteiger partial charge in [-0.25, -0.2) is 5.84 Å². The van der Waals surface area contributed by atoms with Crippen molar-refractivity contribution in [2.45, 2.75) is 38.6 Å². The first-order valence-corrected chi connectivity index (χ1v) is 5.10. The Morgan fingerprint density at radius 2 is 2.07 bits per heavy atom. The van der Waals surface area contributed by atoms with Crippen molar-refractivity contribution < 1.29 is 4.79 Å². The summed E-state index contributed by atoms with van der Waals surface area (Å²) in [5, 5.41) is 1.38. The number of hydrogen-bond donors (Lipinski definition) is 2. The molecule has 1 aliphatic rings. The van der Waals surface area contributed by atoms with E-state index >= 15 is 0 Å². The van der Waals surface area contributed by atoms with Crippen LogP contribution in [0.5, 0.6) is 0 Å². The topological polar surface area (TPSA) is 72.3 Å². The van der Waals surface area contributed by atoms with E-state index in [4.69, 9.17) is 11.6 Å². The monoisotopic (exact) mass is 197 g/mol.